The lowest BCUT2D eigenvalue weighted by molar-refractivity contribution is -0.151. The largest absolute Gasteiger partial charge is 0.381 e. The molecule has 2 heterocycles. The highest BCUT2D eigenvalue weighted by Gasteiger charge is 2.46. The molecule has 0 aromatic heterocycles. The van der Waals surface area contributed by atoms with Gasteiger partial charge in [0.15, 0.2) is 0 Å². The second kappa shape index (κ2) is 5.72. The molecule has 2 saturated heterocycles. The zero-order valence-corrected chi connectivity index (χ0v) is 12.1. The van der Waals surface area contributed by atoms with Gasteiger partial charge in [-0.25, -0.2) is 0 Å². The maximum absolute atomic E-state index is 12.7. The van der Waals surface area contributed by atoms with Crippen molar-refractivity contribution >= 4 is 11.8 Å². The van der Waals surface area contributed by atoms with Crippen molar-refractivity contribution < 1.29 is 14.3 Å². The summed E-state index contributed by atoms with van der Waals surface area (Å²) in [6, 6.07) is -0.537. The lowest BCUT2D eigenvalue weighted by atomic mass is 9.95. The van der Waals surface area contributed by atoms with Gasteiger partial charge >= 0.3 is 0 Å². The van der Waals surface area contributed by atoms with E-state index in [0.717, 1.165) is 45.4 Å². The Morgan fingerprint density at radius 3 is 2.50 bits per heavy atom. The topological polar surface area (TPSA) is 58.6 Å². The molecule has 2 unspecified atom stereocenters. The number of hydrogen-bond acceptors (Lipinski definition) is 3. The highest BCUT2D eigenvalue weighted by molar-refractivity contribution is 5.97. The number of piperazine rings is 1. The predicted octanol–water partition coefficient (Wildman–Crippen LogP) is 0.929. The monoisotopic (exact) mass is 280 g/mol. The molecule has 5 nitrogen and oxygen atoms in total. The van der Waals surface area contributed by atoms with E-state index in [1.165, 1.54) is 0 Å². The van der Waals surface area contributed by atoms with Crippen LogP contribution >= 0.6 is 0 Å². The van der Waals surface area contributed by atoms with Gasteiger partial charge in [-0.05, 0) is 43.9 Å². The Balaban J connectivity index is 1.71. The first kappa shape index (κ1) is 13.9. The zero-order valence-electron chi connectivity index (χ0n) is 12.1. The summed E-state index contributed by atoms with van der Waals surface area (Å²) in [6.45, 7) is 4.26. The molecule has 1 saturated carbocycles. The Kier molecular flexibility index (Phi) is 3.96. The average Bonchev–Trinajstić information content (AvgIpc) is 3.28. The Bertz CT molecular complexity index is 389. The highest BCUT2D eigenvalue weighted by Crippen LogP contribution is 2.35. The van der Waals surface area contributed by atoms with Crippen LogP contribution in [-0.4, -0.2) is 48.6 Å². The summed E-state index contributed by atoms with van der Waals surface area (Å²) in [7, 11) is 0. The van der Waals surface area contributed by atoms with E-state index in [0.29, 0.717) is 18.3 Å². The maximum atomic E-state index is 12.7. The van der Waals surface area contributed by atoms with E-state index in [9.17, 15) is 9.59 Å². The zero-order chi connectivity index (χ0) is 14.1. The summed E-state index contributed by atoms with van der Waals surface area (Å²) in [6.07, 6.45) is 4.82. The van der Waals surface area contributed by atoms with E-state index >= 15 is 0 Å². The number of rotatable bonds is 4. The summed E-state index contributed by atoms with van der Waals surface area (Å²) < 4.78 is 5.38. The fourth-order valence-electron chi connectivity index (χ4n) is 3.36. The van der Waals surface area contributed by atoms with E-state index in [4.69, 9.17) is 4.74 Å². The number of nitrogens with one attached hydrogen (secondary N) is 1. The first-order valence-corrected chi connectivity index (χ1v) is 7.89. The molecule has 3 aliphatic rings. The molecular weight excluding hydrogens is 256 g/mol. The van der Waals surface area contributed by atoms with Gasteiger partial charge in [0.25, 0.3) is 0 Å². The minimum atomic E-state index is -0.277. The molecule has 2 amide bonds. The van der Waals surface area contributed by atoms with Gasteiger partial charge in [0.1, 0.15) is 12.1 Å². The standard InChI is InChI=1S/C15H24N2O3/c1-2-12-14(18)16-13(11-3-4-11)15(19)17(12)9-10-5-7-20-8-6-10/h10-13H,2-9H2,1H3,(H,16,18). The van der Waals surface area contributed by atoms with Crippen molar-refractivity contribution in [2.24, 2.45) is 11.8 Å². The van der Waals surface area contributed by atoms with E-state index in [-0.39, 0.29) is 23.9 Å². The molecule has 0 aromatic carbocycles. The number of carbonyl (C=O) groups excluding carboxylic acids is 2. The van der Waals surface area contributed by atoms with Crippen LogP contribution in [-0.2, 0) is 14.3 Å². The second-order valence-corrected chi connectivity index (χ2v) is 6.29. The molecule has 0 radical (unpaired) electrons. The molecule has 20 heavy (non-hydrogen) atoms. The first-order chi connectivity index (χ1) is 9.70. The number of carbonyl (C=O) groups is 2. The molecule has 3 rings (SSSR count). The fraction of sp³-hybridized carbons (Fsp3) is 0.867. The number of hydrogen-bond donors (Lipinski definition) is 1. The van der Waals surface area contributed by atoms with Crippen LogP contribution in [0.25, 0.3) is 0 Å². The van der Waals surface area contributed by atoms with Crippen molar-refractivity contribution in [1.29, 1.82) is 0 Å². The third-order valence-electron chi connectivity index (χ3n) is 4.80. The SMILES string of the molecule is CCC1C(=O)NC(C2CC2)C(=O)N1CC1CCOCC1. The average molecular weight is 280 g/mol. The normalized spacial score (nSPS) is 32.4. The summed E-state index contributed by atoms with van der Waals surface area (Å²) in [5, 5.41) is 2.94. The minimum Gasteiger partial charge on any atom is -0.381 e. The van der Waals surface area contributed by atoms with E-state index in [1.807, 2.05) is 11.8 Å². The Labute approximate surface area is 120 Å². The molecule has 3 fully saturated rings. The Morgan fingerprint density at radius 1 is 1.20 bits per heavy atom. The summed E-state index contributed by atoms with van der Waals surface area (Å²) in [5.74, 6) is 1.04. The van der Waals surface area contributed by atoms with Gasteiger partial charge in [0.2, 0.25) is 11.8 Å². The molecule has 1 N–H and O–H groups in total. The van der Waals surface area contributed by atoms with Crippen LogP contribution < -0.4 is 5.32 Å². The van der Waals surface area contributed by atoms with E-state index in [1.54, 1.807) is 0 Å². The van der Waals surface area contributed by atoms with Crippen molar-refractivity contribution in [2.45, 2.75) is 51.1 Å². The molecule has 1 aliphatic carbocycles. The van der Waals surface area contributed by atoms with E-state index in [2.05, 4.69) is 5.32 Å². The number of nitrogens with zero attached hydrogens (tertiary/aromatic N) is 1. The van der Waals surface area contributed by atoms with Gasteiger partial charge in [0.05, 0.1) is 0 Å². The van der Waals surface area contributed by atoms with Gasteiger partial charge in [-0.3, -0.25) is 9.59 Å². The second-order valence-electron chi connectivity index (χ2n) is 6.29. The van der Waals surface area contributed by atoms with Crippen molar-refractivity contribution in [3.8, 4) is 0 Å². The van der Waals surface area contributed by atoms with Gasteiger partial charge in [-0.2, -0.15) is 0 Å². The van der Waals surface area contributed by atoms with Crippen LogP contribution in [0.2, 0.25) is 0 Å². The quantitative estimate of drug-likeness (QED) is 0.833. The molecule has 2 atom stereocenters. The van der Waals surface area contributed by atoms with Gasteiger partial charge in [-0.1, -0.05) is 6.92 Å². The smallest absolute Gasteiger partial charge is 0.246 e. The van der Waals surface area contributed by atoms with Crippen LogP contribution in [0.15, 0.2) is 0 Å². The van der Waals surface area contributed by atoms with Crippen LogP contribution in [0.4, 0.5) is 0 Å². The third kappa shape index (κ3) is 2.68. The van der Waals surface area contributed by atoms with Crippen LogP contribution in [0.1, 0.15) is 39.0 Å². The van der Waals surface area contributed by atoms with Gasteiger partial charge in [-0.15, -0.1) is 0 Å². The summed E-state index contributed by atoms with van der Waals surface area (Å²) >= 11 is 0. The van der Waals surface area contributed by atoms with E-state index < -0.39 is 0 Å². The van der Waals surface area contributed by atoms with Crippen molar-refractivity contribution in [3.63, 3.8) is 0 Å². The van der Waals surface area contributed by atoms with Gasteiger partial charge < -0.3 is 15.0 Å². The Hall–Kier alpha value is -1.10. The number of ether oxygens (including phenoxy) is 1. The summed E-state index contributed by atoms with van der Waals surface area (Å²) in [4.78, 5) is 26.8. The molecule has 112 valence electrons. The minimum absolute atomic E-state index is 0.0380. The lowest BCUT2D eigenvalue weighted by Crippen LogP contribution is -2.64. The molecule has 2 aliphatic heterocycles. The van der Waals surface area contributed by atoms with Crippen molar-refractivity contribution in [3.05, 3.63) is 0 Å². The van der Waals surface area contributed by atoms with Crippen LogP contribution in [0.3, 0.4) is 0 Å². The molecule has 0 aromatic rings. The predicted molar refractivity (Wildman–Crippen MR) is 74.0 cm³/mol. The first-order valence-electron chi connectivity index (χ1n) is 7.89. The van der Waals surface area contributed by atoms with Gasteiger partial charge in [0, 0.05) is 19.8 Å². The molecular formula is C15H24N2O3. The van der Waals surface area contributed by atoms with Crippen molar-refractivity contribution in [2.75, 3.05) is 19.8 Å². The van der Waals surface area contributed by atoms with Crippen molar-refractivity contribution in [1.82, 2.24) is 10.2 Å². The molecule has 0 spiro atoms. The Morgan fingerprint density at radius 2 is 1.90 bits per heavy atom. The molecule has 0 bridgehead atoms. The maximum Gasteiger partial charge on any atom is 0.246 e. The third-order valence-corrected chi connectivity index (χ3v) is 4.80. The van der Waals surface area contributed by atoms with Crippen LogP contribution in [0.5, 0.6) is 0 Å². The molecule has 5 heteroatoms. The highest BCUT2D eigenvalue weighted by atomic mass is 16.5. The number of amides is 2. The summed E-state index contributed by atoms with van der Waals surface area (Å²) in [5.41, 5.74) is 0. The van der Waals surface area contributed by atoms with Crippen LogP contribution in [0, 0.1) is 11.8 Å². The lowest BCUT2D eigenvalue weighted by Gasteiger charge is -2.41. The fourth-order valence-corrected chi connectivity index (χ4v) is 3.36.